The second-order valence-electron chi connectivity index (χ2n) is 5.07. The first-order valence-corrected chi connectivity index (χ1v) is 6.78. The van der Waals surface area contributed by atoms with Crippen LogP contribution in [0.3, 0.4) is 0 Å². The Morgan fingerprint density at radius 1 is 1.48 bits per heavy atom. The largest absolute Gasteiger partial charge is 0.480 e. The topological polar surface area (TPSA) is 107 Å². The van der Waals surface area contributed by atoms with Crippen LogP contribution in [-0.4, -0.2) is 57.6 Å². The van der Waals surface area contributed by atoms with Gasteiger partial charge in [-0.05, 0) is 12.8 Å². The van der Waals surface area contributed by atoms with E-state index in [1.807, 2.05) is 0 Å². The maximum absolute atomic E-state index is 12.1. The Bertz CT molecular complexity index is 457. The van der Waals surface area contributed by atoms with Crippen LogP contribution < -0.4 is 5.32 Å². The normalized spacial score (nSPS) is 22.4. The Morgan fingerprint density at radius 2 is 2.14 bits per heavy atom. The standard InChI is InChI=1S/C14H20N2O5/c1-3-4-5-6-11(14(20)21)15-13(19)12-7-10(18)8-16(12)9(2)17/h1,10-12,18H,4-8H2,2H3,(H,15,19)(H,20,21)/t10-,11+,12+/m1/s1. The van der Waals surface area contributed by atoms with Crippen molar-refractivity contribution in [3.8, 4) is 12.3 Å². The van der Waals surface area contributed by atoms with E-state index in [0.717, 1.165) is 0 Å². The van der Waals surface area contributed by atoms with Gasteiger partial charge in [-0.1, -0.05) is 0 Å². The van der Waals surface area contributed by atoms with Crippen LogP contribution >= 0.6 is 0 Å². The Hall–Kier alpha value is -2.07. The van der Waals surface area contributed by atoms with Gasteiger partial charge >= 0.3 is 5.97 Å². The maximum Gasteiger partial charge on any atom is 0.326 e. The summed E-state index contributed by atoms with van der Waals surface area (Å²) in [6.45, 7) is 1.39. The van der Waals surface area contributed by atoms with Crippen molar-refractivity contribution in [3.63, 3.8) is 0 Å². The summed E-state index contributed by atoms with van der Waals surface area (Å²) < 4.78 is 0. The number of amides is 2. The van der Waals surface area contributed by atoms with Crippen molar-refractivity contribution in [1.29, 1.82) is 0 Å². The molecule has 0 spiro atoms. The first-order valence-electron chi connectivity index (χ1n) is 6.78. The Labute approximate surface area is 123 Å². The first kappa shape index (κ1) is 17.0. The van der Waals surface area contributed by atoms with Gasteiger partial charge in [-0.2, -0.15) is 0 Å². The number of nitrogens with one attached hydrogen (secondary N) is 1. The third kappa shape index (κ3) is 4.76. The molecular weight excluding hydrogens is 276 g/mol. The number of rotatable bonds is 6. The van der Waals surface area contributed by atoms with Crippen LogP contribution in [0.2, 0.25) is 0 Å². The smallest absolute Gasteiger partial charge is 0.326 e. The van der Waals surface area contributed by atoms with Gasteiger partial charge in [-0.3, -0.25) is 9.59 Å². The molecule has 21 heavy (non-hydrogen) atoms. The lowest BCUT2D eigenvalue weighted by atomic mass is 10.1. The van der Waals surface area contributed by atoms with E-state index in [1.54, 1.807) is 0 Å². The molecule has 0 aromatic heterocycles. The number of hydrogen-bond donors (Lipinski definition) is 3. The quantitative estimate of drug-likeness (QED) is 0.445. The zero-order valence-corrected chi connectivity index (χ0v) is 11.9. The molecule has 0 unspecified atom stereocenters. The fourth-order valence-electron chi connectivity index (χ4n) is 2.34. The lowest BCUT2D eigenvalue weighted by Crippen LogP contribution is -2.50. The highest BCUT2D eigenvalue weighted by Gasteiger charge is 2.38. The molecule has 0 radical (unpaired) electrons. The summed E-state index contributed by atoms with van der Waals surface area (Å²) in [5.41, 5.74) is 0. The van der Waals surface area contributed by atoms with Gasteiger partial charge in [0, 0.05) is 26.3 Å². The molecular formula is C14H20N2O5. The molecule has 0 bridgehead atoms. The zero-order chi connectivity index (χ0) is 16.0. The van der Waals surface area contributed by atoms with E-state index < -0.39 is 30.1 Å². The number of aliphatic hydroxyl groups excluding tert-OH is 1. The van der Waals surface area contributed by atoms with Crippen molar-refractivity contribution in [2.75, 3.05) is 6.54 Å². The molecule has 7 heteroatoms. The van der Waals surface area contributed by atoms with Gasteiger partial charge in [-0.15, -0.1) is 12.3 Å². The molecule has 3 atom stereocenters. The zero-order valence-electron chi connectivity index (χ0n) is 11.9. The monoisotopic (exact) mass is 296 g/mol. The molecule has 2 amide bonds. The van der Waals surface area contributed by atoms with Crippen LogP contribution in [0.5, 0.6) is 0 Å². The van der Waals surface area contributed by atoms with Crippen molar-refractivity contribution in [2.45, 2.75) is 50.8 Å². The molecule has 7 nitrogen and oxygen atoms in total. The highest BCUT2D eigenvalue weighted by Crippen LogP contribution is 2.18. The maximum atomic E-state index is 12.1. The number of carboxylic acid groups (broad SMARTS) is 1. The van der Waals surface area contributed by atoms with Crippen molar-refractivity contribution in [2.24, 2.45) is 0 Å². The molecule has 0 aromatic rings. The molecule has 3 N–H and O–H groups in total. The summed E-state index contributed by atoms with van der Waals surface area (Å²) in [4.78, 5) is 35.9. The number of β-amino-alcohol motifs (C(OH)–C–C–N with tert-alkyl or cyclic N) is 1. The van der Waals surface area contributed by atoms with Crippen LogP contribution in [-0.2, 0) is 14.4 Å². The van der Waals surface area contributed by atoms with Crippen LogP contribution in [0.4, 0.5) is 0 Å². The van der Waals surface area contributed by atoms with Crippen LogP contribution in [0.15, 0.2) is 0 Å². The highest BCUT2D eigenvalue weighted by molar-refractivity contribution is 5.90. The van der Waals surface area contributed by atoms with E-state index >= 15 is 0 Å². The number of hydrogen-bond acceptors (Lipinski definition) is 4. The van der Waals surface area contributed by atoms with Gasteiger partial charge in [0.15, 0.2) is 0 Å². The van der Waals surface area contributed by atoms with E-state index in [2.05, 4.69) is 11.2 Å². The van der Waals surface area contributed by atoms with Gasteiger partial charge < -0.3 is 20.4 Å². The molecule has 1 fully saturated rings. The molecule has 0 aromatic carbocycles. The third-order valence-corrected chi connectivity index (χ3v) is 3.41. The predicted octanol–water partition coefficient (Wildman–Crippen LogP) is -0.659. The number of aliphatic carboxylic acids is 1. The number of unbranched alkanes of at least 4 members (excludes halogenated alkanes) is 1. The van der Waals surface area contributed by atoms with Gasteiger partial charge in [0.2, 0.25) is 11.8 Å². The summed E-state index contributed by atoms with van der Waals surface area (Å²) >= 11 is 0. The predicted molar refractivity (Wildman–Crippen MR) is 74.0 cm³/mol. The number of aliphatic hydroxyl groups is 1. The van der Waals surface area contributed by atoms with Crippen LogP contribution in [0.1, 0.15) is 32.6 Å². The fourth-order valence-corrected chi connectivity index (χ4v) is 2.34. The van der Waals surface area contributed by atoms with Gasteiger partial charge in [0.25, 0.3) is 0 Å². The summed E-state index contributed by atoms with van der Waals surface area (Å²) in [5.74, 6) is 0.373. The fraction of sp³-hybridized carbons (Fsp3) is 0.643. The van der Waals surface area contributed by atoms with Crippen molar-refractivity contribution in [3.05, 3.63) is 0 Å². The number of nitrogens with zero attached hydrogens (tertiary/aromatic N) is 1. The lowest BCUT2D eigenvalue weighted by molar-refractivity contribution is -0.143. The van der Waals surface area contributed by atoms with Crippen molar-refractivity contribution < 1.29 is 24.6 Å². The molecule has 0 saturated carbocycles. The van der Waals surface area contributed by atoms with E-state index in [1.165, 1.54) is 11.8 Å². The van der Waals surface area contributed by atoms with E-state index in [-0.39, 0.29) is 25.3 Å². The molecule has 1 rings (SSSR count). The summed E-state index contributed by atoms with van der Waals surface area (Å²) in [7, 11) is 0. The Morgan fingerprint density at radius 3 is 2.67 bits per heavy atom. The number of carboxylic acids is 1. The van der Waals surface area contributed by atoms with Gasteiger partial charge in [0.1, 0.15) is 12.1 Å². The van der Waals surface area contributed by atoms with Gasteiger partial charge in [-0.25, -0.2) is 4.79 Å². The second-order valence-corrected chi connectivity index (χ2v) is 5.07. The molecule has 1 saturated heterocycles. The van der Waals surface area contributed by atoms with E-state index in [9.17, 15) is 19.5 Å². The Kier molecular flexibility index (Phi) is 6.18. The minimum atomic E-state index is -1.15. The van der Waals surface area contributed by atoms with Gasteiger partial charge in [0.05, 0.1) is 6.10 Å². The number of likely N-dealkylation sites (tertiary alicyclic amines) is 1. The molecule has 0 aliphatic carbocycles. The number of carbonyl (C=O) groups excluding carboxylic acids is 2. The number of terminal acetylenes is 1. The molecule has 116 valence electrons. The summed E-state index contributed by atoms with van der Waals surface area (Å²) in [5, 5.41) is 21.1. The second kappa shape index (κ2) is 7.64. The third-order valence-electron chi connectivity index (χ3n) is 3.41. The van der Waals surface area contributed by atoms with E-state index in [0.29, 0.717) is 12.8 Å². The summed E-state index contributed by atoms with van der Waals surface area (Å²) in [6, 6.07) is -1.87. The average Bonchev–Trinajstić information content (AvgIpc) is 2.80. The molecule has 1 aliphatic rings. The Balaban J connectivity index is 2.66. The van der Waals surface area contributed by atoms with Crippen LogP contribution in [0.25, 0.3) is 0 Å². The first-order chi connectivity index (χ1) is 9.86. The lowest BCUT2D eigenvalue weighted by Gasteiger charge is -2.24. The van der Waals surface area contributed by atoms with Crippen molar-refractivity contribution >= 4 is 17.8 Å². The number of carbonyl (C=O) groups is 3. The minimum absolute atomic E-state index is 0.0856. The average molecular weight is 296 g/mol. The summed E-state index contributed by atoms with van der Waals surface area (Å²) in [6.07, 6.45) is 5.58. The van der Waals surface area contributed by atoms with E-state index in [4.69, 9.17) is 11.5 Å². The molecule has 1 aliphatic heterocycles. The van der Waals surface area contributed by atoms with Crippen LogP contribution in [0, 0.1) is 12.3 Å². The molecule has 1 heterocycles. The SMILES string of the molecule is C#CCCC[C@H](NC(=O)[C@@H]1C[C@@H](O)CN1C(C)=O)C(=O)O. The minimum Gasteiger partial charge on any atom is -0.480 e. The van der Waals surface area contributed by atoms with Crippen molar-refractivity contribution in [1.82, 2.24) is 10.2 Å². The highest BCUT2D eigenvalue weighted by atomic mass is 16.4.